The molecule has 0 fully saturated rings. The molecule has 0 aliphatic carbocycles. The third-order valence-corrected chi connectivity index (χ3v) is 2.41. The molecule has 0 amide bonds. The van der Waals surface area contributed by atoms with Crippen LogP contribution in [0.4, 0.5) is 17.6 Å². The molecule has 5 heteroatoms. The molecule has 0 nitrogen and oxygen atoms in total. The summed E-state index contributed by atoms with van der Waals surface area (Å²) in [5, 5.41) is 0. The second-order valence-corrected chi connectivity index (χ2v) is 3.23. The summed E-state index contributed by atoms with van der Waals surface area (Å²) in [5.41, 5.74) is -0.632. The maximum atomic E-state index is 12.9. The van der Waals surface area contributed by atoms with Crippen LogP contribution in [0.2, 0.25) is 0 Å². The number of rotatable bonds is 1. The van der Waals surface area contributed by atoms with Gasteiger partial charge in [-0.05, 0) is 13.2 Å². The van der Waals surface area contributed by atoms with Crippen LogP contribution < -0.4 is 0 Å². The molecule has 0 saturated carbocycles. The first kappa shape index (κ1) is 10.4. The Morgan fingerprint density at radius 3 is 1.54 bits per heavy atom. The lowest BCUT2D eigenvalue weighted by molar-refractivity contribution is 0.418. The normalized spacial score (nSPS) is 10.6. The molecular formula is C8H6F4S. The second kappa shape index (κ2) is 3.57. The van der Waals surface area contributed by atoms with Gasteiger partial charge >= 0.3 is 0 Å². The van der Waals surface area contributed by atoms with Gasteiger partial charge in [-0.1, -0.05) is 0 Å². The number of benzene rings is 1. The summed E-state index contributed by atoms with van der Waals surface area (Å²) in [6.07, 6.45) is 1.34. The molecule has 13 heavy (non-hydrogen) atoms. The largest absolute Gasteiger partial charge is 0.203 e. The van der Waals surface area contributed by atoms with Gasteiger partial charge in [0.25, 0.3) is 0 Å². The van der Waals surface area contributed by atoms with Crippen molar-refractivity contribution in [2.24, 2.45) is 0 Å². The van der Waals surface area contributed by atoms with E-state index in [4.69, 9.17) is 0 Å². The van der Waals surface area contributed by atoms with Gasteiger partial charge in [0.05, 0.1) is 4.90 Å². The molecule has 0 saturated heterocycles. The zero-order valence-electron chi connectivity index (χ0n) is 6.92. The van der Waals surface area contributed by atoms with Gasteiger partial charge in [-0.3, -0.25) is 0 Å². The van der Waals surface area contributed by atoms with Crippen LogP contribution in [0.5, 0.6) is 0 Å². The summed E-state index contributed by atoms with van der Waals surface area (Å²) in [7, 11) is 0. The van der Waals surface area contributed by atoms with Crippen LogP contribution in [0.1, 0.15) is 5.56 Å². The molecule has 0 N–H and O–H groups in total. The first-order chi connectivity index (χ1) is 6.00. The van der Waals surface area contributed by atoms with Crippen molar-refractivity contribution in [2.75, 3.05) is 6.26 Å². The maximum absolute atomic E-state index is 12.9. The van der Waals surface area contributed by atoms with Gasteiger partial charge in [-0.2, -0.15) is 0 Å². The van der Waals surface area contributed by atoms with Crippen LogP contribution in [0, 0.1) is 30.2 Å². The lowest BCUT2D eigenvalue weighted by Crippen LogP contribution is -2.01. The minimum Gasteiger partial charge on any atom is -0.203 e. The fourth-order valence-electron chi connectivity index (χ4n) is 0.901. The standard InChI is InChI=1S/C8H6F4S/c1-3-4(9)6(11)8(13-2)7(12)5(3)10/h1-2H3. The Morgan fingerprint density at radius 1 is 0.846 bits per heavy atom. The highest BCUT2D eigenvalue weighted by atomic mass is 32.2. The van der Waals surface area contributed by atoms with Crippen LogP contribution in [-0.2, 0) is 0 Å². The minimum atomic E-state index is -1.33. The van der Waals surface area contributed by atoms with E-state index >= 15 is 0 Å². The Morgan fingerprint density at radius 2 is 1.23 bits per heavy atom. The Balaban J connectivity index is 3.56. The molecule has 0 aliphatic heterocycles. The van der Waals surface area contributed by atoms with E-state index in [-0.39, 0.29) is 0 Å². The van der Waals surface area contributed by atoms with Crippen LogP contribution >= 0.6 is 11.8 Å². The lowest BCUT2D eigenvalue weighted by Gasteiger charge is -2.06. The summed E-state index contributed by atoms with van der Waals surface area (Å²) < 4.78 is 51.5. The smallest absolute Gasteiger partial charge is 0.175 e. The molecule has 0 heterocycles. The molecular weight excluding hydrogens is 204 g/mol. The number of hydrogen-bond donors (Lipinski definition) is 0. The average Bonchev–Trinajstić information content (AvgIpc) is 2.13. The zero-order chi connectivity index (χ0) is 10.2. The predicted molar refractivity (Wildman–Crippen MR) is 42.8 cm³/mol. The maximum Gasteiger partial charge on any atom is 0.175 e. The molecule has 0 atom stereocenters. The number of halogens is 4. The summed E-state index contributed by atoms with van der Waals surface area (Å²) in [5.74, 6) is -5.32. The van der Waals surface area contributed by atoms with Crippen molar-refractivity contribution >= 4 is 11.8 Å². The molecule has 0 spiro atoms. The van der Waals surface area contributed by atoms with Gasteiger partial charge < -0.3 is 0 Å². The topological polar surface area (TPSA) is 0 Å². The van der Waals surface area contributed by atoms with Crippen molar-refractivity contribution in [1.29, 1.82) is 0 Å². The summed E-state index contributed by atoms with van der Waals surface area (Å²) >= 11 is 0.629. The fourth-order valence-corrected chi connectivity index (χ4v) is 1.44. The molecule has 1 aromatic rings. The number of hydrogen-bond acceptors (Lipinski definition) is 1. The molecule has 0 bridgehead atoms. The summed E-state index contributed by atoms with van der Waals surface area (Å²) in [4.78, 5) is -0.624. The van der Waals surface area contributed by atoms with E-state index in [2.05, 4.69) is 0 Å². The molecule has 1 rings (SSSR count). The summed E-state index contributed by atoms with van der Waals surface area (Å²) in [6.45, 7) is 0.987. The summed E-state index contributed by atoms with van der Waals surface area (Å²) in [6, 6.07) is 0. The molecule has 0 unspecified atom stereocenters. The van der Waals surface area contributed by atoms with E-state index in [9.17, 15) is 17.6 Å². The Labute approximate surface area is 76.9 Å². The fraction of sp³-hybridized carbons (Fsp3) is 0.250. The SMILES string of the molecule is CSc1c(F)c(F)c(C)c(F)c1F. The van der Waals surface area contributed by atoms with Gasteiger partial charge in [0.1, 0.15) is 0 Å². The van der Waals surface area contributed by atoms with E-state index in [1.165, 1.54) is 6.26 Å². The van der Waals surface area contributed by atoms with Crippen LogP contribution in [0.25, 0.3) is 0 Å². The third kappa shape index (κ3) is 1.52. The minimum absolute atomic E-state index is 0.624. The molecule has 0 radical (unpaired) electrons. The highest BCUT2D eigenvalue weighted by Gasteiger charge is 2.21. The van der Waals surface area contributed by atoms with E-state index in [0.717, 1.165) is 6.92 Å². The Bertz CT molecular complexity index is 319. The third-order valence-electron chi connectivity index (χ3n) is 1.65. The van der Waals surface area contributed by atoms with E-state index in [1.54, 1.807) is 0 Å². The average molecular weight is 210 g/mol. The van der Waals surface area contributed by atoms with Gasteiger partial charge in [0.2, 0.25) is 0 Å². The Hall–Kier alpha value is -0.710. The monoisotopic (exact) mass is 210 g/mol. The van der Waals surface area contributed by atoms with E-state index in [0.29, 0.717) is 11.8 Å². The Kier molecular flexibility index (Phi) is 2.85. The molecule has 0 aromatic heterocycles. The van der Waals surface area contributed by atoms with Crippen LogP contribution in [0.15, 0.2) is 4.90 Å². The highest BCUT2D eigenvalue weighted by molar-refractivity contribution is 7.98. The van der Waals surface area contributed by atoms with Crippen LogP contribution in [0.3, 0.4) is 0 Å². The first-order valence-corrected chi connectivity index (χ1v) is 4.59. The van der Waals surface area contributed by atoms with Crippen molar-refractivity contribution in [1.82, 2.24) is 0 Å². The van der Waals surface area contributed by atoms with Crippen molar-refractivity contribution in [3.05, 3.63) is 28.8 Å². The molecule has 1 aromatic carbocycles. The van der Waals surface area contributed by atoms with Crippen LogP contribution in [-0.4, -0.2) is 6.26 Å². The molecule has 0 aliphatic rings. The van der Waals surface area contributed by atoms with Gasteiger partial charge in [0, 0.05) is 5.56 Å². The molecule has 72 valence electrons. The van der Waals surface area contributed by atoms with Gasteiger partial charge in [0.15, 0.2) is 23.3 Å². The second-order valence-electron chi connectivity index (χ2n) is 2.41. The number of thioether (sulfide) groups is 1. The lowest BCUT2D eigenvalue weighted by atomic mass is 10.2. The first-order valence-electron chi connectivity index (χ1n) is 3.37. The van der Waals surface area contributed by atoms with Gasteiger partial charge in [-0.25, -0.2) is 17.6 Å². The van der Waals surface area contributed by atoms with Gasteiger partial charge in [-0.15, -0.1) is 11.8 Å². The zero-order valence-corrected chi connectivity index (χ0v) is 7.74. The van der Waals surface area contributed by atoms with E-state index in [1.807, 2.05) is 0 Å². The van der Waals surface area contributed by atoms with Crippen molar-refractivity contribution < 1.29 is 17.6 Å². The van der Waals surface area contributed by atoms with Crippen molar-refractivity contribution in [2.45, 2.75) is 11.8 Å². The van der Waals surface area contributed by atoms with Crippen molar-refractivity contribution in [3.8, 4) is 0 Å². The predicted octanol–water partition coefficient (Wildman–Crippen LogP) is 3.27. The highest BCUT2D eigenvalue weighted by Crippen LogP contribution is 2.29. The quantitative estimate of drug-likeness (QED) is 0.389. The van der Waals surface area contributed by atoms with Crippen molar-refractivity contribution in [3.63, 3.8) is 0 Å². The van der Waals surface area contributed by atoms with E-state index < -0.39 is 33.7 Å².